The summed E-state index contributed by atoms with van der Waals surface area (Å²) >= 11 is 0. The molecule has 0 aromatic heterocycles. The smallest absolute Gasteiger partial charge is 0.335 e. The van der Waals surface area contributed by atoms with E-state index in [9.17, 15) is 22.8 Å². The Bertz CT molecular complexity index is 900. The molecule has 0 aliphatic carbocycles. The van der Waals surface area contributed by atoms with E-state index in [-0.39, 0.29) is 18.5 Å². The average Bonchev–Trinajstić information content (AvgIpc) is 2.98. The Hall–Kier alpha value is -3.03. The van der Waals surface area contributed by atoms with Crippen LogP contribution in [-0.2, 0) is 4.79 Å². The van der Waals surface area contributed by atoms with Crippen LogP contribution in [0.25, 0.3) is 0 Å². The van der Waals surface area contributed by atoms with E-state index in [0.717, 1.165) is 6.92 Å². The van der Waals surface area contributed by atoms with Gasteiger partial charge in [0.15, 0.2) is 17.7 Å². The summed E-state index contributed by atoms with van der Waals surface area (Å²) in [5.41, 5.74) is -0.115. The Morgan fingerprint density at radius 1 is 1.23 bits per heavy atom. The summed E-state index contributed by atoms with van der Waals surface area (Å²) in [7, 11) is 0. The Labute approximate surface area is 146 Å². The van der Waals surface area contributed by atoms with E-state index in [1.165, 1.54) is 23.1 Å². The van der Waals surface area contributed by atoms with E-state index < -0.39 is 46.7 Å². The molecule has 26 heavy (non-hydrogen) atoms. The molecule has 0 saturated carbocycles. The molecule has 5 nitrogen and oxygen atoms in total. The quantitative estimate of drug-likeness (QED) is 0.845. The van der Waals surface area contributed by atoms with Crippen LogP contribution in [-0.4, -0.2) is 29.6 Å². The monoisotopic (exact) mass is 365 g/mol. The minimum atomic E-state index is -1.36. The SMILES string of the molecule is Cc1c(F)cc(OC2CCN(c3cccc(C(=O)O)c3)C2=O)c(F)c1F. The minimum absolute atomic E-state index is 0.00777. The first-order valence-electron chi connectivity index (χ1n) is 7.75. The summed E-state index contributed by atoms with van der Waals surface area (Å²) in [4.78, 5) is 24.8. The van der Waals surface area contributed by atoms with Crippen molar-refractivity contribution in [3.63, 3.8) is 0 Å². The molecule has 136 valence electrons. The molecule has 2 aromatic rings. The molecular weight excluding hydrogens is 351 g/mol. The third-order valence-corrected chi connectivity index (χ3v) is 4.18. The number of anilines is 1. The molecule has 1 heterocycles. The second-order valence-corrected chi connectivity index (χ2v) is 5.85. The predicted molar refractivity (Wildman–Crippen MR) is 85.8 cm³/mol. The Morgan fingerprint density at radius 3 is 2.65 bits per heavy atom. The van der Waals surface area contributed by atoms with Gasteiger partial charge >= 0.3 is 5.97 Å². The number of ether oxygens (including phenoxy) is 1. The first-order chi connectivity index (χ1) is 12.3. The van der Waals surface area contributed by atoms with Crippen molar-refractivity contribution < 1.29 is 32.6 Å². The second kappa shape index (κ2) is 6.70. The van der Waals surface area contributed by atoms with Gasteiger partial charge in [0.25, 0.3) is 5.91 Å². The normalized spacial score (nSPS) is 16.8. The van der Waals surface area contributed by atoms with Crippen molar-refractivity contribution in [1.29, 1.82) is 0 Å². The number of hydrogen-bond donors (Lipinski definition) is 1. The lowest BCUT2D eigenvalue weighted by Gasteiger charge is -2.18. The summed E-state index contributed by atoms with van der Waals surface area (Å²) < 4.78 is 46.4. The van der Waals surface area contributed by atoms with Gasteiger partial charge in [0.1, 0.15) is 5.82 Å². The predicted octanol–water partition coefficient (Wildman–Crippen LogP) is 3.29. The highest BCUT2D eigenvalue weighted by Crippen LogP contribution is 2.29. The number of rotatable bonds is 4. The fraction of sp³-hybridized carbons (Fsp3) is 0.222. The highest BCUT2D eigenvalue weighted by atomic mass is 19.2. The topological polar surface area (TPSA) is 66.8 Å². The van der Waals surface area contributed by atoms with Crippen molar-refractivity contribution in [3.8, 4) is 5.75 Å². The molecule has 3 rings (SSSR count). The van der Waals surface area contributed by atoms with Gasteiger partial charge in [-0.25, -0.2) is 13.6 Å². The lowest BCUT2D eigenvalue weighted by Crippen LogP contribution is -2.32. The molecule has 8 heteroatoms. The van der Waals surface area contributed by atoms with Gasteiger partial charge in [0, 0.05) is 30.3 Å². The molecule has 2 aromatic carbocycles. The van der Waals surface area contributed by atoms with Crippen LogP contribution in [0.3, 0.4) is 0 Å². The molecule has 0 bridgehead atoms. The van der Waals surface area contributed by atoms with Crippen LogP contribution in [0.1, 0.15) is 22.3 Å². The molecule has 1 aliphatic rings. The Balaban J connectivity index is 1.82. The zero-order valence-corrected chi connectivity index (χ0v) is 13.6. The summed E-state index contributed by atoms with van der Waals surface area (Å²) in [6.07, 6.45) is -0.966. The molecule has 1 fully saturated rings. The first kappa shape index (κ1) is 17.8. The number of halogens is 3. The minimum Gasteiger partial charge on any atom is -0.478 e. The van der Waals surface area contributed by atoms with Crippen molar-refractivity contribution in [1.82, 2.24) is 0 Å². The van der Waals surface area contributed by atoms with Crippen LogP contribution in [0.15, 0.2) is 30.3 Å². The van der Waals surface area contributed by atoms with Crippen molar-refractivity contribution in [3.05, 3.63) is 58.9 Å². The first-order valence-corrected chi connectivity index (χ1v) is 7.75. The van der Waals surface area contributed by atoms with Crippen LogP contribution in [0.5, 0.6) is 5.75 Å². The standard InChI is InChI=1S/C18H14F3NO4/c1-9-12(19)8-14(16(21)15(9)20)26-13-5-6-22(17(13)23)11-4-2-3-10(7-11)18(24)25/h2-4,7-8,13H,5-6H2,1H3,(H,24,25). The molecular formula is C18H14F3NO4. The molecule has 1 amide bonds. The number of carbonyl (C=O) groups is 2. The van der Waals surface area contributed by atoms with E-state index in [4.69, 9.17) is 9.84 Å². The molecule has 0 radical (unpaired) electrons. The molecule has 1 atom stereocenters. The fourth-order valence-corrected chi connectivity index (χ4v) is 2.73. The van der Waals surface area contributed by atoms with E-state index in [0.29, 0.717) is 11.8 Å². The van der Waals surface area contributed by atoms with Crippen molar-refractivity contribution in [2.24, 2.45) is 0 Å². The number of carbonyl (C=O) groups excluding carboxylic acids is 1. The summed E-state index contributed by atoms with van der Waals surface area (Å²) in [5.74, 6) is -6.06. The Morgan fingerprint density at radius 2 is 1.96 bits per heavy atom. The van der Waals surface area contributed by atoms with Crippen LogP contribution < -0.4 is 9.64 Å². The lowest BCUT2D eigenvalue weighted by atomic mass is 10.2. The number of aromatic carboxylic acids is 1. The zero-order chi connectivity index (χ0) is 19.0. The van der Waals surface area contributed by atoms with Crippen LogP contribution in [0.2, 0.25) is 0 Å². The van der Waals surface area contributed by atoms with Crippen molar-refractivity contribution in [2.45, 2.75) is 19.4 Å². The lowest BCUT2D eigenvalue weighted by molar-refractivity contribution is -0.123. The summed E-state index contributed by atoms with van der Waals surface area (Å²) in [6.45, 7) is 1.29. The number of hydrogen-bond acceptors (Lipinski definition) is 3. The van der Waals surface area contributed by atoms with E-state index in [2.05, 4.69) is 0 Å². The van der Waals surface area contributed by atoms with Crippen molar-refractivity contribution in [2.75, 3.05) is 11.4 Å². The van der Waals surface area contributed by atoms with E-state index >= 15 is 0 Å². The highest BCUT2D eigenvalue weighted by Gasteiger charge is 2.35. The van der Waals surface area contributed by atoms with Crippen LogP contribution >= 0.6 is 0 Å². The number of carboxylic acid groups (broad SMARTS) is 1. The number of amides is 1. The number of nitrogens with zero attached hydrogens (tertiary/aromatic N) is 1. The largest absolute Gasteiger partial charge is 0.478 e. The zero-order valence-electron chi connectivity index (χ0n) is 13.6. The summed E-state index contributed by atoms with van der Waals surface area (Å²) in [6, 6.07) is 6.46. The van der Waals surface area contributed by atoms with Gasteiger partial charge in [-0.1, -0.05) is 6.07 Å². The van der Waals surface area contributed by atoms with Gasteiger partial charge in [-0.15, -0.1) is 0 Å². The van der Waals surface area contributed by atoms with Gasteiger partial charge in [-0.05, 0) is 25.1 Å². The van der Waals surface area contributed by atoms with Gasteiger partial charge < -0.3 is 14.7 Å². The van der Waals surface area contributed by atoms with Gasteiger partial charge in [0.2, 0.25) is 5.82 Å². The number of carboxylic acids is 1. The number of benzene rings is 2. The third kappa shape index (κ3) is 3.10. The van der Waals surface area contributed by atoms with Crippen LogP contribution in [0, 0.1) is 24.4 Å². The molecule has 1 aliphatic heterocycles. The van der Waals surface area contributed by atoms with Crippen LogP contribution in [0.4, 0.5) is 18.9 Å². The average molecular weight is 365 g/mol. The molecule has 0 spiro atoms. The van der Waals surface area contributed by atoms with Gasteiger partial charge in [-0.3, -0.25) is 4.79 Å². The van der Waals surface area contributed by atoms with Gasteiger partial charge in [0.05, 0.1) is 5.56 Å². The summed E-state index contributed by atoms with van der Waals surface area (Å²) in [5, 5.41) is 9.03. The fourth-order valence-electron chi connectivity index (χ4n) is 2.73. The van der Waals surface area contributed by atoms with Crippen molar-refractivity contribution >= 4 is 17.6 Å². The Kier molecular flexibility index (Phi) is 4.58. The third-order valence-electron chi connectivity index (χ3n) is 4.18. The molecule has 1 saturated heterocycles. The maximum atomic E-state index is 13.9. The second-order valence-electron chi connectivity index (χ2n) is 5.85. The van der Waals surface area contributed by atoms with E-state index in [1.54, 1.807) is 6.07 Å². The molecule has 1 unspecified atom stereocenters. The maximum Gasteiger partial charge on any atom is 0.335 e. The molecule has 1 N–H and O–H groups in total. The highest BCUT2D eigenvalue weighted by molar-refractivity contribution is 6.00. The maximum absolute atomic E-state index is 13.9. The van der Waals surface area contributed by atoms with E-state index in [1.807, 2.05) is 0 Å². The van der Waals surface area contributed by atoms with Gasteiger partial charge in [-0.2, -0.15) is 4.39 Å².